The Morgan fingerprint density at radius 1 is 1.46 bits per heavy atom. The van der Waals surface area contributed by atoms with Crippen LogP contribution in [0.25, 0.3) is 11.1 Å². The second kappa shape index (κ2) is 6.57. The summed E-state index contributed by atoms with van der Waals surface area (Å²) in [5.41, 5.74) is 3.31. The summed E-state index contributed by atoms with van der Waals surface area (Å²) in [7, 11) is 0. The van der Waals surface area contributed by atoms with Gasteiger partial charge in [-0.3, -0.25) is 4.79 Å². The Morgan fingerprint density at radius 2 is 2.25 bits per heavy atom. The summed E-state index contributed by atoms with van der Waals surface area (Å²) in [5, 5.41) is 13.0. The van der Waals surface area contributed by atoms with E-state index in [0.717, 1.165) is 28.7 Å². The monoisotopic (exact) mass is 329 g/mol. The number of aryl methyl sites for hydroxylation is 1. The molecule has 2 unspecified atom stereocenters. The molecule has 24 heavy (non-hydrogen) atoms. The Balaban J connectivity index is 2.00. The lowest BCUT2D eigenvalue weighted by molar-refractivity contribution is -0.108. The average Bonchev–Trinajstić information content (AvgIpc) is 2.91. The molecule has 126 valence electrons. The molecule has 1 aliphatic heterocycles. The zero-order chi connectivity index (χ0) is 17.3. The third kappa shape index (κ3) is 2.97. The molecular weight excluding hydrogens is 309 g/mol. The first-order valence-corrected chi connectivity index (χ1v) is 7.96. The van der Waals surface area contributed by atoms with Crippen LogP contribution in [0.1, 0.15) is 18.9 Å². The zero-order valence-corrected chi connectivity index (χ0v) is 13.7. The van der Waals surface area contributed by atoms with Gasteiger partial charge in [0.15, 0.2) is 18.3 Å². The van der Waals surface area contributed by atoms with Crippen molar-refractivity contribution in [2.24, 2.45) is 0 Å². The van der Waals surface area contributed by atoms with Gasteiger partial charge in [-0.25, -0.2) is 9.37 Å². The fourth-order valence-corrected chi connectivity index (χ4v) is 2.92. The minimum Gasteiger partial charge on any atom is -0.391 e. The third-order valence-corrected chi connectivity index (χ3v) is 4.30. The van der Waals surface area contributed by atoms with Gasteiger partial charge in [0, 0.05) is 18.3 Å². The molecule has 2 heterocycles. The van der Waals surface area contributed by atoms with Crippen molar-refractivity contribution in [2.75, 3.05) is 16.8 Å². The number of halogens is 1. The maximum Gasteiger partial charge on any atom is 0.162 e. The van der Waals surface area contributed by atoms with Crippen LogP contribution in [0.15, 0.2) is 30.5 Å². The predicted molar refractivity (Wildman–Crippen MR) is 91.5 cm³/mol. The highest BCUT2D eigenvalue weighted by Crippen LogP contribution is 2.36. The number of aliphatic hydroxyl groups is 1. The lowest BCUT2D eigenvalue weighted by Gasteiger charge is -2.25. The van der Waals surface area contributed by atoms with E-state index in [1.54, 1.807) is 12.3 Å². The first kappa shape index (κ1) is 16.4. The molecule has 0 saturated heterocycles. The van der Waals surface area contributed by atoms with E-state index < -0.39 is 12.3 Å². The summed E-state index contributed by atoms with van der Waals surface area (Å²) in [6.45, 7) is 4.08. The van der Waals surface area contributed by atoms with Crippen molar-refractivity contribution in [1.29, 1.82) is 0 Å². The quantitative estimate of drug-likeness (QED) is 0.826. The minimum atomic E-state index is -0.543. The molecule has 2 aromatic rings. The number of nitrogens with zero attached hydrogens (tertiary/aromatic N) is 2. The van der Waals surface area contributed by atoms with Gasteiger partial charge in [-0.2, -0.15) is 0 Å². The largest absolute Gasteiger partial charge is 0.391 e. The van der Waals surface area contributed by atoms with Crippen LogP contribution in [0, 0.1) is 12.7 Å². The van der Waals surface area contributed by atoms with E-state index in [1.807, 2.05) is 24.8 Å². The molecule has 2 atom stereocenters. The molecule has 1 aromatic carbocycles. The molecular formula is C18H20FN3O2. The molecule has 0 radical (unpaired) electrons. The van der Waals surface area contributed by atoms with Crippen LogP contribution in [-0.2, 0) is 4.79 Å². The number of aldehydes is 1. The minimum absolute atomic E-state index is 0.277. The van der Waals surface area contributed by atoms with E-state index in [1.165, 1.54) is 12.1 Å². The Hall–Kier alpha value is -2.47. The maximum atomic E-state index is 13.3. The van der Waals surface area contributed by atoms with Crippen molar-refractivity contribution in [3.05, 3.63) is 41.8 Å². The number of pyridine rings is 1. The summed E-state index contributed by atoms with van der Waals surface area (Å²) < 4.78 is 13.3. The first-order chi connectivity index (χ1) is 11.5. The molecule has 0 fully saturated rings. The fourth-order valence-electron chi connectivity index (χ4n) is 2.92. The first-order valence-electron chi connectivity index (χ1n) is 7.96. The molecule has 6 heteroatoms. The molecule has 1 aromatic heterocycles. The van der Waals surface area contributed by atoms with E-state index in [-0.39, 0.29) is 5.82 Å². The number of hydrogen-bond donors (Lipinski definition) is 2. The molecule has 0 amide bonds. The van der Waals surface area contributed by atoms with Gasteiger partial charge in [0.2, 0.25) is 0 Å². The van der Waals surface area contributed by atoms with Crippen molar-refractivity contribution >= 4 is 17.8 Å². The summed E-state index contributed by atoms with van der Waals surface area (Å²) in [5.74, 6) is 0.333. The number of β-amino-alcohol motifs (C(OH)–C–C–N with tert-alkyl or cyclic N) is 1. The lowest BCUT2D eigenvalue weighted by atomic mass is 10.0. The summed E-state index contributed by atoms with van der Waals surface area (Å²) in [6.07, 6.45) is 2.02. The van der Waals surface area contributed by atoms with Crippen molar-refractivity contribution < 1.29 is 14.3 Å². The number of hydrogen-bond acceptors (Lipinski definition) is 5. The summed E-state index contributed by atoms with van der Waals surface area (Å²) in [6, 6.07) is 6.54. The van der Waals surface area contributed by atoms with Gasteiger partial charge < -0.3 is 15.3 Å². The lowest BCUT2D eigenvalue weighted by Crippen LogP contribution is -2.41. The summed E-state index contributed by atoms with van der Waals surface area (Å²) >= 11 is 0. The average molecular weight is 329 g/mol. The van der Waals surface area contributed by atoms with Crippen LogP contribution < -0.4 is 10.2 Å². The highest BCUT2D eigenvalue weighted by molar-refractivity contribution is 5.85. The highest BCUT2D eigenvalue weighted by Gasteiger charge is 2.31. The van der Waals surface area contributed by atoms with Crippen LogP contribution in [0.4, 0.5) is 15.9 Å². The van der Waals surface area contributed by atoms with E-state index in [9.17, 15) is 14.3 Å². The third-order valence-electron chi connectivity index (χ3n) is 4.30. The van der Waals surface area contributed by atoms with Crippen LogP contribution in [-0.4, -0.2) is 35.2 Å². The van der Waals surface area contributed by atoms with Crippen molar-refractivity contribution in [2.45, 2.75) is 32.5 Å². The maximum absolute atomic E-state index is 13.3. The number of fused-ring (bicyclic) bond motifs is 1. The Morgan fingerprint density at radius 3 is 2.92 bits per heavy atom. The number of anilines is 2. The van der Waals surface area contributed by atoms with Crippen LogP contribution in [0.3, 0.4) is 0 Å². The van der Waals surface area contributed by atoms with Crippen LogP contribution in [0.5, 0.6) is 0 Å². The Kier molecular flexibility index (Phi) is 4.49. The standard InChI is InChI=1S/C18H20FN3O2/c1-3-14(24)9-22-16-7-12(8-20-18(16)21-17(22)10-23)15-5-4-13(19)6-11(15)2/h4-8,10,14,17,24H,3,9H2,1-2H3,(H,20,21). The smallest absolute Gasteiger partial charge is 0.162 e. The second-order valence-corrected chi connectivity index (χ2v) is 5.99. The van der Waals surface area contributed by atoms with Crippen molar-refractivity contribution in [1.82, 2.24) is 4.98 Å². The van der Waals surface area contributed by atoms with Gasteiger partial charge in [0.25, 0.3) is 0 Å². The molecule has 0 saturated carbocycles. The highest BCUT2D eigenvalue weighted by atomic mass is 19.1. The Labute approximate surface area is 140 Å². The van der Waals surface area contributed by atoms with E-state index in [2.05, 4.69) is 10.3 Å². The van der Waals surface area contributed by atoms with E-state index >= 15 is 0 Å². The van der Waals surface area contributed by atoms with E-state index in [4.69, 9.17) is 0 Å². The number of aliphatic hydroxyl groups excluding tert-OH is 1. The number of benzene rings is 1. The van der Waals surface area contributed by atoms with Crippen LogP contribution >= 0.6 is 0 Å². The van der Waals surface area contributed by atoms with Gasteiger partial charge in [0.05, 0.1) is 11.8 Å². The number of rotatable bonds is 5. The molecule has 0 aliphatic carbocycles. The molecule has 3 rings (SSSR count). The normalized spacial score (nSPS) is 17.3. The number of nitrogens with one attached hydrogen (secondary N) is 1. The molecule has 5 nitrogen and oxygen atoms in total. The molecule has 0 bridgehead atoms. The fraction of sp³-hybridized carbons (Fsp3) is 0.333. The van der Waals surface area contributed by atoms with Gasteiger partial charge >= 0.3 is 0 Å². The number of carbonyl (C=O) groups is 1. The van der Waals surface area contributed by atoms with Crippen molar-refractivity contribution in [3.63, 3.8) is 0 Å². The summed E-state index contributed by atoms with van der Waals surface area (Å²) in [4.78, 5) is 17.6. The SMILES string of the molecule is CCC(O)CN1c2cc(-c3ccc(F)cc3C)cnc2NC1C=O. The Bertz CT molecular complexity index is 766. The zero-order valence-electron chi connectivity index (χ0n) is 13.7. The molecule has 1 aliphatic rings. The van der Waals surface area contributed by atoms with Crippen LogP contribution in [0.2, 0.25) is 0 Å². The van der Waals surface area contributed by atoms with Gasteiger partial charge in [-0.1, -0.05) is 13.0 Å². The predicted octanol–water partition coefficient (Wildman–Crippen LogP) is 2.72. The number of carbonyl (C=O) groups excluding carboxylic acids is 1. The molecule has 2 N–H and O–H groups in total. The van der Waals surface area contributed by atoms with Gasteiger partial charge in [-0.05, 0) is 42.7 Å². The number of aromatic nitrogens is 1. The van der Waals surface area contributed by atoms with Gasteiger partial charge in [-0.15, -0.1) is 0 Å². The topological polar surface area (TPSA) is 65.5 Å². The van der Waals surface area contributed by atoms with E-state index in [0.29, 0.717) is 18.8 Å². The van der Waals surface area contributed by atoms with Crippen molar-refractivity contribution in [3.8, 4) is 11.1 Å². The molecule has 0 spiro atoms. The van der Waals surface area contributed by atoms with Gasteiger partial charge in [0.1, 0.15) is 5.82 Å². The second-order valence-electron chi connectivity index (χ2n) is 5.99.